The van der Waals surface area contributed by atoms with Crippen molar-refractivity contribution in [1.29, 1.82) is 0 Å². The molecule has 0 N–H and O–H groups in total. The predicted octanol–water partition coefficient (Wildman–Crippen LogP) is 2.90. The van der Waals surface area contributed by atoms with Gasteiger partial charge in [-0.2, -0.15) is 0 Å². The minimum atomic E-state index is -2.90. The smallest absolute Gasteiger partial charge is 0.247 e. The lowest BCUT2D eigenvalue weighted by atomic mass is 10.3. The van der Waals surface area contributed by atoms with Crippen LogP contribution in [0.25, 0.3) is 0 Å². The first-order valence-electron chi connectivity index (χ1n) is 3.14. The quantitative estimate of drug-likeness (QED) is 0.662. The van der Waals surface area contributed by atoms with Crippen molar-refractivity contribution >= 4 is 11.6 Å². The van der Waals surface area contributed by atoms with Crippen LogP contribution in [0.1, 0.15) is 17.8 Å². The third kappa shape index (κ3) is 1.88. The number of rotatable bonds is 2. The second-order valence-electron chi connectivity index (χ2n) is 2.10. The molecule has 0 spiro atoms. The van der Waals surface area contributed by atoms with Gasteiger partial charge >= 0.3 is 0 Å². The lowest BCUT2D eigenvalue weighted by Gasteiger charge is -2.01. The molecule has 0 aliphatic rings. The SMILES string of the molecule is Fc1ccc(CCl)nc1C(F)F. The van der Waals surface area contributed by atoms with Crippen LogP contribution in [0.15, 0.2) is 12.1 Å². The van der Waals surface area contributed by atoms with Crippen molar-refractivity contribution in [3.8, 4) is 0 Å². The molecule has 66 valence electrons. The van der Waals surface area contributed by atoms with Crippen molar-refractivity contribution in [1.82, 2.24) is 4.98 Å². The number of pyridine rings is 1. The highest BCUT2D eigenvalue weighted by molar-refractivity contribution is 6.16. The Labute approximate surface area is 72.2 Å². The number of hydrogen-bond donors (Lipinski definition) is 0. The largest absolute Gasteiger partial charge is 0.283 e. The first-order valence-corrected chi connectivity index (χ1v) is 3.68. The molecule has 0 amide bonds. The summed E-state index contributed by atoms with van der Waals surface area (Å²) in [6, 6.07) is 2.21. The second-order valence-corrected chi connectivity index (χ2v) is 2.37. The van der Waals surface area contributed by atoms with Gasteiger partial charge in [0, 0.05) is 0 Å². The maximum absolute atomic E-state index is 12.6. The summed E-state index contributed by atoms with van der Waals surface area (Å²) in [5.74, 6) is -1.00. The van der Waals surface area contributed by atoms with Crippen molar-refractivity contribution in [2.75, 3.05) is 0 Å². The molecule has 0 aliphatic heterocycles. The van der Waals surface area contributed by atoms with Gasteiger partial charge in [0.15, 0.2) is 5.82 Å². The molecule has 0 bridgehead atoms. The lowest BCUT2D eigenvalue weighted by Crippen LogP contribution is -1.98. The topological polar surface area (TPSA) is 12.9 Å². The summed E-state index contributed by atoms with van der Waals surface area (Å²) in [6.07, 6.45) is -2.90. The third-order valence-corrected chi connectivity index (χ3v) is 1.55. The highest BCUT2D eigenvalue weighted by atomic mass is 35.5. The molecule has 0 atom stereocenters. The Kier molecular flexibility index (Phi) is 2.92. The van der Waals surface area contributed by atoms with Crippen LogP contribution >= 0.6 is 11.6 Å². The van der Waals surface area contributed by atoms with Crippen molar-refractivity contribution in [3.05, 3.63) is 29.3 Å². The van der Waals surface area contributed by atoms with Gasteiger partial charge in [0.1, 0.15) is 5.69 Å². The van der Waals surface area contributed by atoms with E-state index >= 15 is 0 Å². The van der Waals surface area contributed by atoms with Gasteiger partial charge in [-0.3, -0.25) is 0 Å². The second kappa shape index (κ2) is 3.76. The first-order chi connectivity index (χ1) is 5.65. The zero-order valence-corrected chi connectivity index (χ0v) is 6.65. The lowest BCUT2D eigenvalue weighted by molar-refractivity contribution is 0.140. The van der Waals surface area contributed by atoms with E-state index in [0.717, 1.165) is 6.07 Å². The Morgan fingerprint density at radius 1 is 1.42 bits per heavy atom. The van der Waals surface area contributed by atoms with Gasteiger partial charge in [0.05, 0.1) is 11.6 Å². The zero-order chi connectivity index (χ0) is 9.14. The molecule has 1 rings (SSSR count). The summed E-state index contributed by atoms with van der Waals surface area (Å²) < 4.78 is 36.6. The van der Waals surface area contributed by atoms with E-state index in [4.69, 9.17) is 11.6 Å². The molecule has 0 fully saturated rings. The molecule has 1 aromatic heterocycles. The monoisotopic (exact) mass is 195 g/mol. The summed E-state index contributed by atoms with van der Waals surface area (Å²) in [6.45, 7) is 0. The van der Waals surface area contributed by atoms with E-state index in [-0.39, 0.29) is 11.6 Å². The number of halogens is 4. The zero-order valence-electron chi connectivity index (χ0n) is 5.90. The minimum Gasteiger partial charge on any atom is -0.247 e. The van der Waals surface area contributed by atoms with Crippen LogP contribution in [-0.2, 0) is 5.88 Å². The van der Waals surface area contributed by atoms with Crippen LogP contribution in [0.5, 0.6) is 0 Å². The standard InChI is InChI=1S/C7H5ClF3N/c8-3-4-1-2-5(9)6(12-4)7(10)11/h1-2,7H,3H2. The fraction of sp³-hybridized carbons (Fsp3) is 0.286. The van der Waals surface area contributed by atoms with Gasteiger partial charge in [-0.25, -0.2) is 18.2 Å². The van der Waals surface area contributed by atoms with Crippen LogP contribution in [0, 0.1) is 5.82 Å². The molecule has 5 heteroatoms. The van der Waals surface area contributed by atoms with Gasteiger partial charge in [-0.05, 0) is 12.1 Å². The number of nitrogens with zero attached hydrogens (tertiary/aromatic N) is 1. The Bertz CT molecular complexity index is 277. The Morgan fingerprint density at radius 3 is 2.58 bits per heavy atom. The first kappa shape index (κ1) is 9.32. The number of aromatic nitrogens is 1. The van der Waals surface area contributed by atoms with Crippen LogP contribution in [0.4, 0.5) is 13.2 Å². The summed E-state index contributed by atoms with van der Waals surface area (Å²) in [4.78, 5) is 3.33. The van der Waals surface area contributed by atoms with Gasteiger partial charge in [0.2, 0.25) is 0 Å². The fourth-order valence-corrected chi connectivity index (χ4v) is 0.876. The van der Waals surface area contributed by atoms with Gasteiger partial charge in [-0.15, -0.1) is 11.6 Å². The van der Waals surface area contributed by atoms with Crippen molar-refractivity contribution in [2.45, 2.75) is 12.3 Å². The fourth-order valence-electron chi connectivity index (χ4n) is 0.728. The molecule has 0 radical (unpaired) electrons. The van der Waals surface area contributed by atoms with Crippen LogP contribution in [-0.4, -0.2) is 4.98 Å². The average Bonchev–Trinajstić information content (AvgIpc) is 2.05. The molecule has 0 aromatic carbocycles. The van der Waals surface area contributed by atoms with E-state index in [0.29, 0.717) is 0 Å². The Hall–Kier alpha value is -0.770. The molecule has 0 unspecified atom stereocenters. The van der Waals surface area contributed by atoms with Gasteiger partial charge in [0.25, 0.3) is 6.43 Å². The maximum atomic E-state index is 12.6. The third-order valence-electron chi connectivity index (χ3n) is 1.27. The van der Waals surface area contributed by atoms with Crippen LogP contribution in [0.2, 0.25) is 0 Å². The summed E-state index contributed by atoms with van der Waals surface area (Å²) in [5.41, 5.74) is -0.596. The van der Waals surface area contributed by atoms with Crippen LogP contribution < -0.4 is 0 Å². The van der Waals surface area contributed by atoms with Crippen LogP contribution in [0.3, 0.4) is 0 Å². The van der Waals surface area contributed by atoms with Crippen molar-refractivity contribution in [3.63, 3.8) is 0 Å². The summed E-state index contributed by atoms with van der Waals surface area (Å²) in [5, 5.41) is 0. The molecular formula is C7H5ClF3N. The summed E-state index contributed by atoms with van der Waals surface area (Å²) >= 11 is 5.33. The minimum absolute atomic E-state index is 0.000000000000000222. The van der Waals surface area contributed by atoms with E-state index in [9.17, 15) is 13.2 Å². The van der Waals surface area contributed by atoms with E-state index in [1.165, 1.54) is 6.07 Å². The van der Waals surface area contributed by atoms with Gasteiger partial charge in [-0.1, -0.05) is 0 Å². The molecule has 0 aliphatic carbocycles. The maximum Gasteiger partial charge on any atom is 0.283 e. The molecule has 12 heavy (non-hydrogen) atoms. The molecule has 1 heterocycles. The van der Waals surface area contributed by atoms with E-state index < -0.39 is 17.9 Å². The Balaban J connectivity index is 3.08. The van der Waals surface area contributed by atoms with Crippen molar-refractivity contribution in [2.24, 2.45) is 0 Å². The Morgan fingerprint density at radius 2 is 2.08 bits per heavy atom. The molecule has 1 aromatic rings. The molecule has 1 nitrogen and oxygen atoms in total. The number of hydrogen-bond acceptors (Lipinski definition) is 1. The van der Waals surface area contributed by atoms with E-state index in [1.54, 1.807) is 0 Å². The van der Waals surface area contributed by atoms with Gasteiger partial charge < -0.3 is 0 Å². The predicted molar refractivity (Wildman–Crippen MR) is 38.7 cm³/mol. The highest BCUT2D eigenvalue weighted by Gasteiger charge is 2.15. The normalized spacial score (nSPS) is 10.8. The molecule has 0 saturated carbocycles. The van der Waals surface area contributed by atoms with E-state index in [1.807, 2.05) is 0 Å². The number of alkyl halides is 3. The molecule has 0 saturated heterocycles. The van der Waals surface area contributed by atoms with E-state index in [2.05, 4.69) is 4.98 Å². The highest BCUT2D eigenvalue weighted by Crippen LogP contribution is 2.20. The van der Waals surface area contributed by atoms with Crippen molar-refractivity contribution < 1.29 is 13.2 Å². The average molecular weight is 196 g/mol. The molecular weight excluding hydrogens is 191 g/mol. The summed E-state index contributed by atoms with van der Waals surface area (Å²) in [7, 11) is 0.